The number of nitrogens with zero attached hydrogens (tertiary/aromatic N) is 1. The summed E-state index contributed by atoms with van der Waals surface area (Å²) in [7, 11) is 0. The van der Waals surface area contributed by atoms with Crippen LogP contribution in [0, 0.1) is 0 Å². The number of pyridine rings is 1. The van der Waals surface area contributed by atoms with Crippen molar-refractivity contribution in [2.24, 2.45) is 0 Å². The first-order valence-electron chi connectivity index (χ1n) is 4.37. The van der Waals surface area contributed by atoms with Gasteiger partial charge in [0, 0.05) is 17.3 Å². The van der Waals surface area contributed by atoms with Crippen LogP contribution < -0.4 is 0 Å². The van der Waals surface area contributed by atoms with Crippen molar-refractivity contribution in [3.8, 4) is 11.3 Å². The molecule has 2 rings (SSSR count). The standard InChI is InChI=1S/C12H9NO/c14-9-10-4-3-5-11(8-10)12-6-1-2-7-13-12/h1-9H. The number of aldehydes is 1. The van der Waals surface area contributed by atoms with E-state index in [9.17, 15) is 4.79 Å². The topological polar surface area (TPSA) is 30.0 Å². The molecule has 14 heavy (non-hydrogen) atoms. The van der Waals surface area contributed by atoms with Gasteiger partial charge in [-0.15, -0.1) is 0 Å². The summed E-state index contributed by atoms with van der Waals surface area (Å²) in [6, 6.07) is 13.1. The van der Waals surface area contributed by atoms with E-state index < -0.39 is 0 Å². The van der Waals surface area contributed by atoms with E-state index in [2.05, 4.69) is 4.98 Å². The third-order valence-corrected chi connectivity index (χ3v) is 1.98. The van der Waals surface area contributed by atoms with Crippen molar-refractivity contribution < 1.29 is 4.79 Å². The van der Waals surface area contributed by atoms with Gasteiger partial charge in [-0.2, -0.15) is 0 Å². The first-order chi connectivity index (χ1) is 6.90. The molecule has 0 aliphatic rings. The van der Waals surface area contributed by atoms with Crippen LogP contribution in [0.5, 0.6) is 0 Å². The lowest BCUT2D eigenvalue weighted by molar-refractivity contribution is 0.112. The third-order valence-electron chi connectivity index (χ3n) is 1.98. The van der Waals surface area contributed by atoms with Gasteiger partial charge in [-0.3, -0.25) is 9.78 Å². The molecule has 0 saturated carbocycles. The molecule has 0 atom stereocenters. The summed E-state index contributed by atoms with van der Waals surface area (Å²) in [5.41, 5.74) is 2.53. The molecule has 0 saturated heterocycles. The average molecular weight is 183 g/mol. The molecule has 1 aromatic carbocycles. The molecular weight excluding hydrogens is 174 g/mol. The summed E-state index contributed by atoms with van der Waals surface area (Å²) in [5, 5.41) is 0. The second-order valence-electron chi connectivity index (χ2n) is 2.96. The lowest BCUT2D eigenvalue weighted by atomic mass is 10.1. The quantitative estimate of drug-likeness (QED) is 0.670. The van der Waals surface area contributed by atoms with E-state index in [-0.39, 0.29) is 0 Å². The second-order valence-corrected chi connectivity index (χ2v) is 2.96. The van der Waals surface area contributed by atoms with Crippen LogP contribution in [0.1, 0.15) is 10.4 Å². The number of rotatable bonds is 2. The van der Waals surface area contributed by atoms with E-state index >= 15 is 0 Å². The predicted octanol–water partition coefficient (Wildman–Crippen LogP) is 2.56. The Morgan fingerprint density at radius 3 is 2.71 bits per heavy atom. The lowest BCUT2D eigenvalue weighted by Crippen LogP contribution is -1.84. The van der Waals surface area contributed by atoms with E-state index in [4.69, 9.17) is 0 Å². The number of carbonyl (C=O) groups is 1. The largest absolute Gasteiger partial charge is 0.298 e. The van der Waals surface area contributed by atoms with Crippen LogP contribution >= 0.6 is 0 Å². The number of benzene rings is 1. The number of carbonyl (C=O) groups excluding carboxylic acids is 1. The van der Waals surface area contributed by atoms with E-state index in [1.54, 1.807) is 12.3 Å². The molecule has 0 unspecified atom stereocenters. The number of hydrogen-bond acceptors (Lipinski definition) is 2. The monoisotopic (exact) mass is 183 g/mol. The first kappa shape index (κ1) is 8.63. The van der Waals surface area contributed by atoms with Crippen LogP contribution in [0.3, 0.4) is 0 Å². The molecule has 2 aromatic rings. The van der Waals surface area contributed by atoms with E-state index in [1.165, 1.54) is 0 Å². The van der Waals surface area contributed by atoms with E-state index in [0.717, 1.165) is 17.5 Å². The Morgan fingerprint density at radius 1 is 1.07 bits per heavy atom. The summed E-state index contributed by atoms with van der Waals surface area (Å²) in [5.74, 6) is 0. The highest BCUT2D eigenvalue weighted by Crippen LogP contribution is 2.16. The molecule has 0 spiro atoms. The molecule has 68 valence electrons. The molecule has 1 heterocycles. The third kappa shape index (κ3) is 1.69. The SMILES string of the molecule is O=Cc1cccc(-c2ccccn2)c1. The fourth-order valence-electron chi connectivity index (χ4n) is 1.30. The maximum atomic E-state index is 10.6. The van der Waals surface area contributed by atoms with Crippen LogP contribution in [0.25, 0.3) is 11.3 Å². The maximum absolute atomic E-state index is 10.6. The minimum atomic E-state index is 0.674. The van der Waals surface area contributed by atoms with Crippen LogP contribution in [0.2, 0.25) is 0 Å². The van der Waals surface area contributed by atoms with Crippen molar-refractivity contribution in [2.75, 3.05) is 0 Å². The zero-order valence-corrected chi connectivity index (χ0v) is 7.55. The molecule has 0 aliphatic carbocycles. The molecule has 0 amide bonds. The predicted molar refractivity (Wildman–Crippen MR) is 55.1 cm³/mol. The Hall–Kier alpha value is -1.96. The summed E-state index contributed by atoms with van der Waals surface area (Å²) in [6.45, 7) is 0. The van der Waals surface area contributed by atoms with E-state index in [1.807, 2.05) is 36.4 Å². The number of aromatic nitrogens is 1. The molecule has 0 aliphatic heterocycles. The summed E-state index contributed by atoms with van der Waals surface area (Å²) >= 11 is 0. The fraction of sp³-hybridized carbons (Fsp3) is 0. The smallest absolute Gasteiger partial charge is 0.150 e. The molecule has 2 heteroatoms. The second kappa shape index (κ2) is 3.83. The van der Waals surface area contributed by atoms with Crippen molar-refractivity contribution in [3.63, 3.8) is 0 Å². The van der Waals surface area contributed by atoms with Gasteiger partial charge in [-0.25, -0.2) is 0 Å². The fourth-order valence-corrected chi connectivity index (χ4v) is 1.30. The van der Waals surface area contributed by atoms with Gasteiger partial charge in [0.2, 0.25) is 0 Å². The highest BCUT2D eigenvalue weighted by atomic mass is 16.1. The van der Waals surface area contributed by atoms with Gasteiger partial charge in [-0.1, -0.05) is 24.3 Å². The molecule has 0 N–H and O–H groups in total. The first-order valence-corrected chi connectivity index (χ1v) is 4.37. The average Bonchev–Trinajstić information content (AvgIpc) is 2.30. The van der Waals surface area contributed by atoms with Gasteiger partial charge in [0.25, 0.3) is 0 Å². The summed E-state index contributed by atoms with van der Waals surface area (Å²) in [4.78, 5) is 14.8. The van der Waals surface area contributed by atoms with Crippen molar-refractivity contribution >= 4 is 6.29 Å². The van der Waals surface area contributed by atoms with Gasteiger partial charge < -0.3 is 0 Å². The minimum absolute atomic E-state index is 0.674. The molecule has 0 radical (unpaired) electrons. The molecule has 0 fully saturated rings. The Labute approximate surface area is 82.2 Å². The van der Waals surface area contributed by atoms with Crippen molar-refractivity contribution in [2.45, 2.75) is 0 Å². The van der Waals surface area contributed by atoms with Gasteiger partial charge in [0.05, 0.1) is 5.69 Å². The van der Waals surface area contributed by atoms with Crippen molar-refractivity contribution in [1.29, 1.82) is 0 Å². The number of hydrogen-bond donors (Lipinski definition) is 0. The van der Waals surface area contributed by atoms with Crippen LogP contribution in [0.15, 0.2) is 48.7 Å². The van der Waals surface area contributed by atoms with Crippen LogP contribution in [-0.2, 0) is 0 Å². The Bertz CT molecular complexity index is 437. The summed E-state index contributed by atoms with van der Waals surface area (Å²) in [6.07, 6.45) is 2.58. The molecular formula is C12H9NO. The van der Waals surface area contributed by atoms with Crippen molar-refractivity contribution in [3.05, 3.63) is 54.2 Å². The van der Waals surface area contributed by atoms with Gasteiger partial charge in [0.1, 0.15) is 6.29 Å². The van der Waals surface area contributed by atoms with Crippen molar-refractivity contribution in [1.82, 2.24) is 4.98 Å². The van der Waals surface area contributed by atoms with Gasteiger partial charge >= 0.3 is 0 Å². The highest BCUT2D eigenvalue weighted by molar-refractivity contribution is 5.78. The maximum Gasteiger partial charge on any atom is 0.150 e. The Kier molecular flexibility index (Phi) is 2.36. The zero-order valence-electron chi connectivity index (χ0n) is 7.55. The Balaban J connectivity index is 2.47. The highest BCUT2D eigenvalue weighted by Gasteiger charge is 1.98. The van der Waals surface area contributed by atoms with Crippen LogP contribution in [0.4, 0.5) is 0 Å². The molecule has 2 nitrogen and oxygen atoms in total. The van der Waals surface area contributed by atoms with E-state index in [0.29, 0.717) is 5.56 Å². The van der Waals surface area contributed by atoms with Gasteiger partial charge in [-0.05, 0) is 18.2 Å². The molecule has 0 bridgehead atoms. The minimum Gasteiger partial charge on any atom is -0.298 e. The lowest BCUT2D eigenvalue weighted by Gasteiger charge is -1.99. The zero-order chi connectivity index (χ0) is 9.80. The van der Waals surface area contributed by atoms with Gasteiger partial charge in [0.15, 0.2) is 0 Å². The molecule has 1 aromatic heterocycles. The van der Waals surface area contributed by atoms with Crippen LogP contribution in [-0.4, -0.2) is 11.3 Å². The summed E-state index contributed by atoms with van der Waals surface area (Å²) < 4.78 is 0. The Morgan fingerprint density at radius 2 is 2.00 bits per heavy atom. The normalized spacial score (nSPS) is 9.71.